The lowest BCUT2D eigenvalue weighted by molar-refractivity contribution is -0.135. The number of carbonyl (C=O) groups is 3. The van der Waals surface area contributed by atoms with Crippen LogP contribution in [0.15, 0.2) is 89.6 Å². The van der Waals surface area contributed by atoms with Gasteiger partial charge in [-0.15, -0.1) is 0 Å². The van der Waals surface area contributed by atoms with E-state index >= 15 is 0 Å². The van der Waals surface area contributed by atoms with Crippen molar-refractivity contribution in [2.75, 3.05) is 23.3 Å². The molecule has 10 nitrogen and oxygen atoms in total. The average molecular weight is 620 g/mol. The Hall–Kier alpha value is -5.71. The van der Waals surface area contributed by atoms with Gasteiger partial charge in [-0.05, 0) is 60.0 Å². The first-order chi connectivity index (χ1) is 21.8. The molecule has 0 bridgehead atoms. The highest BCUT2D eigenvalue weighted by Gasteiger charge is 2.31. The normalized spacial score (nSPS) is 13.3. The minimum absolute atomic E-state index is 0.0881. The van der Waals surface area contributed by atoms with E-state index in [2.05, 4.69) is 27.9 Å². The third kappa shape index (κ3) is 8.90. The number of carbonyl (C=O) groups excluding carboxylic acids is 3. The van der Waals surface area contributed by atoms with Gasteiger partial charge in [0.1, 0.15) is 12.1 Å². The summed E-state index contributed by atoms with van der Waals surface area (Å²) in [5.41, 5.74) is 6.26. The van der Waals surface area contributed by atoms with Gasteiger partial charge in [-0.3, -0.25) is 19.8 Å². The summed E-state index contributed by atoms with van der Waals surface area (Å²) in [6.07, 6.45) is 5.08. The van der Waals surface area contributed by atoms with Crippen molar-refractivity contribution in [1.29, 1.82) is 10.5 Å². The second kappa shape index (κ2) is 15.7. The quantitative estimate of drug-likeness (QED) is 0.199. The topological polar surface area (TPSA) is 142 Å². The Balaban J connectivity index is 1.56. The highest BCUT2D eigenvalue weighted by molar-refractivity contribution is 6.33. The average Bonchev–Trinajstić information content (AvgIpc) is 3.31. The molecule has 2 N–H and O–H groups in total. The molecule has 45 heavy (non-hydrogen) atoms. The van der Waals surface area contributed by atoms with Gasteiger partial charge >= 0.3 is 0 Å². The SMILES string of the molecule is Cc1cc(N(CCC#N)CCC#N)ccc1/C=C1N=C(/C=C/c2ccccc2)N(NC(=O)CC(=O)Nc2ccccc2Cl)C/1=O. The number of amidine groups is 1. The third-order valence-corrected chi connectivity index (χ3v) is 7.04. The molecule has 1 heterocycles. The molecule has 0 atom stereocenters. The molecule has 226 valence electrons. The van der Waals surface area contributed by atoms with Crippen LogP contribution in [0.2, 0.25) is 5.02 Å². The van der Waals surface area contributed by atoms with Gasteiger partial charge in [0.05, 0.1) is 35.7 Å². The van der Waals surface area contributed by atoms with E-state index in [1.165, 1.54) is 0 Å². The van der Waals surface area contributed by atoms with E-state index in [1.807, 2.05) is 60.4 Å². The van der Waals surface area contributed by atoms with E-state index in [0.29, 0.717) is 36.6 Å². The number of nitrogens with zero attached hydrogens (tertiary/aromatic N) is 5. The molecule has 0 aliphatic carbocycles. The molecule has 11 heteroatoms. The minimum atomic E-state index is -0.717. The number of nitriles is 2. The van der Waals surface area contributed by atoms with Crippen LogP contribution < -0.4 is 15.6 Å². The van der Waals surface area contributed by atoms with E-state index in [0.717, 1.165) is 27.4 Å². The molecule has 0 saturated carbocycles. The molecule has 4 rings (SSSR count). The Morgan fingerprint density at radius 3 is 2.31 bits per heavy atom. The Kier molecular flexibility index (Phi) is 11.2. The van der Waals surface area contributed by atoms with Crippen molar-refractivity contribution >= 4 is 58.7 Å². The maximum absolute atomic E-state index is 13.5. The largest absolute Gasteiger partial charge is 0.369 e. The molecule has 0 radical (unpaired) electrons. The lowest BCUT2D eigenvalue weighted by Gasteiger charge is -2.23. The van der Waals surface area contributed by atoms with E-state index < -0.39 is 24.1 Å². The van der Waals surface area contributed by atoms with Crippen molar-refractivity contribution in [1.82, 2.24) is 10.4 Å². The standard InChI is InChI=1S/C34H30ClN7O3/c1-24-21-27(41(19-7-17-36)20-8-18-37)15-14-26(24)22-30-34(45)42(31(38-30)16-13-25-9-3-2-4-10-25)40-33(44)23-32(43)39-29-12-6-5-11-28(29)35/h2-6,9-16,21-22H,7-8,19-20,23H2,1H3,(H,39,43)(H,40,44)/b16-13+,30-22+. The summed E-state index contributed by atoms with van der Waals surface area (Å²) in [6, 6.07) is 26.0. The van der Waals surface area contributed by atoms with E-state index in [1.54, 1.807) is 42.5 Å². The van der Waals surface area contributed by atoms with Crippen LogP contribution in [0.4, 0.5) is 11.4 Å². The van der Waals surface area contributed by atoms with Gasteiger partial charge in [-0.2, -0.15) is 15.5 Å². The zero-order valence-corrected chi connectivity index (χ0v) is 25.3. The van der Waals surface area contributed by atoms with Crippen LogP contribution in [-0.4, -0.2) is 41.7 Å². The molecule has 3 aromatic carbocycles. The molecule has 0 spiro atoms. The molecular weight excluding hydrogens is 590 g/mol. The Bertz CT molecular complexity index is 1740. The predicted molar refractivity (Wildman–Crippen MR) is 174 cm³/mol. The summed E-state index contributed by atoms with van der Waals surface area (Å²) in [5.74, 6) is -1.72. The first kappa shape index (κ1) is 32.2. The van der Waals surface area contributed by atoms with Crippen LogP contribution in [0.25, 0.3) is 12.2 Å². The zero-order chi connectivity index (χ0) is 32.2. The Morgan fingerprint density at radius 1 is 0.956 bits per heavy atom. The number of aryl methyl sites for hydroxylation is 1. The lowest BCUT2D eigenvalue weighted by Crippen LogP contribution is -2.47. The highest BCUT2D eigenvalue weighted by Crippen LogP contribution is 2.25. The molecule has 0 fully saturated rings. The molecule has 3 amide bonds. The lowest BCUT2D eigenvalue weighted by atomic mass is 10.1. The number of nitrogens with one attached hydrogen (secondary N) is 2. The van der Waals surface area contributed by atoms with Crippen molar-refractivity contribution < 1.29 is 14.4 Å². The number of aliphatic imine (C=N–C) groups is 1. The molecule has 1 aliphatic heterocycles. The fourth-order valence-corrected chi connectivity index (χ4v) is 4.64. The summed E-state index contributed by atoms with van der Waals surface area (Å²) in [6.45, 7) is 2.87. The van der Waals surface area contributed by atoms with Crippen molar-refractivity contribution in [3.8, 4) is 12.1 Å². The van der Waals surface area contributed by atoms with Crippen LogP contribution in [0.3, 0.4) is 0 Å². The van der Waals surface area contributed by atoms with Crippen molar-refractivity contribution in [2.24, 2.45) is 4.99 Å². The van der Waals surface area contributed by atoms with Gasteiger partial charge < -0.3 is 10.2 Å². The zero-order valence-electron chi connectivity index (χ0n) is 24.5. The fraction of sp³-hybridized carbons (Fsp3) is 0.176. The number of anilines is 2. The summed E-state index contributed by atoms with van der Waals surface area (Å²) in [4.78, 5) is 45.4. The fourth-order valence-electron chi connectivity index (χ4n) is 4.46. The first-order valence-corrected chi connectivity index (χ1v) is 14.5. The summed E-state index contributed by atoms with van der Waals surface area (Å²) in [7, 11) is 0. The summed E-state index contributed by atoms with van der Waals surface area (Å²) >= 11 is 6.10. The number of halogens is 1. The predicted octanol–water partition coefficient (Wildman–Crippen LogP) is 5.64. The van der Waals surface area contributed by atoms with Crippen LogP contribution in [0.1, 0.15) is 36.0 Å². The van der Waals surface area contributed by atoms with Crippen molar-refractivity contribution in [2.45, 2.75) is 26.2 Å². The van der Waals surface area contributed by atoms with Gasteiger partial charge in [0.2, 0.25) is 11.8 Å². The van der Waals surface area contributed by atoms with Gasteiger partial charge in [0.15, 0.2) is 5.84 Å². The highest BCUT2D eigenvalue weighted by atomic mass is 35.5. The summed E-state index contributed by atoms with van der Waals surface area (Å²) < 4.78 is 0. The Labute approximate surface area is 266 Å². The first-order valence-electron chi connectivity index (χ1n) is 14.1. The third-order valence-electron chi connectivity index (χ3n) is 6.71. The van der Waals surface area contributed by atoms with Crippen molar-refractivity contribution in [3.63, 3.8) is 0 Å². The number of hydrogen-bond donors (Lipinski definition) is 2. The maximum atomic E-state index is 13.5. The number of benzene rings is 3. The van der Waals surface area contributed by atoms with Crippen LogP contribution in [0.5, 0.6) is 0 Å². The monoisotopic (exact) mass is 619 g/mol. The van der Waals surface area contributed by atoms with Crippen LogP contribution >= 0.6 is 11.6 Å². The van der Waals surface area contributed by atoms with Gasteiger partial charge in [0, 0.05) is 18.8 Å². The van der Waals surface area contributed by atoms with Gasteiger partial charge in [-0.1, -0.05) is 66.2 Å². The Morgan fingerprint density at radius 2 is 1.64 bits per heavy atom. The van der Waals surface area contributed by atoms with E-state index in [9.17, 15) is 14.4 Å². The summed E-state index contributed by atoms with van der Waals surface area (Å²) in [5, 5.41) is 22.0. The van der Waals surface area contributed by atoms with Crippen LogP contribution in [-0.2, 0) is 14.4 Å². The van der Waals surface area contributed by atoms with Gasteiger partial charge in [0.25, 0.3) is 5.91 Å². The number of rotatable bonds is 12. The van der Waals surface area contributed by atoms with E-state index in [4.69, 9.17) is 22.1 Å². The second-order valence-corrected chi connectivity index (χ2v) is 10.4. The van der Waals surface area contributed by atoms with E-state index in [-0.39, 0.29) is 11.5 Å². The van der Waals surface area contributed by atoms with Crippen molar-refractivity contribution in [3.05, 3.63) is 106 Å². The second-order valence-electron chi connectivity index (χ2n) is 9.97. The molecule has 1 aliphatic rings. The molecule has 0 aromatic heterocycles. The maximum Gasteiger partial charge on any atom is 0.297 e. The molecule has 0 saturated heterocycles. The molecular formula is C34H30ClN7O3. The molecule has 3 aromatic rings. The van der Waals surface area contributed by atoms with Crippen LogP contribution in [0, 0.1) is 29.6 Å². The van der Waals surface area contributed by atoms with Gasteiger partial charge in [-0.25, -0.2) is 4.99 Å². The number of amides is 3. The molecule has 0 unspecified atom stereocenters. The number of hydrogen-bond acceptors (Lipinski definition) is 7. The minimum Gasteiger partial charge on any atom is -0.369 e. The smallest absolute Gasteiger partial charge is 0.297 e. The number of para-hydroxylation sites is 1. The number of hydrazine groups is 1.